The average molecular weight is 465 g/mol. The van der Waals surface area contributed by atoms with Crippen LogP contribution in [0.3, 0.4) is 0 Å². The minimum absolute atomic E-state index is 0.00993. The van der Waals surface area contributed by atoms with Crippen LogP contribution in [0.25, 0.3) is 0 Å². The van der Waals surface area contributed by atoms with E-state index in [2.05, 4.69) is 58.3 Å². The van der Waals surface area contributed by atoms with E-state index in [9.17, 15) is 0 Å². The number of likely N-dealkylation sites (N-methyl/N-ethyl adjacent to an activating group) is 2. The standard InChI is InChI=1S/C10H23NO2.C8H19NO.C8H18O/c1-10(2,3)13-9-8-12-7-6-11(4)5;1-8(2,3)10-7-6-9(4)5;1-5-6-7-9-8(2,3)4/h6-9H2,1-5H3;6-7H2,1-5H3;5-7H2,1-4H3. The lowest BCUT2D eigenvalue weighted by molar-refractivity contribution is -0.0359. The fraction of sp³-hybridized carbons (Fsp3) is 1.00. The van der Waals surface area contributed by atoms with Crippen LogP contribution < -0.4 is 0 Å². The summed E-state index contributed by atoms with van der Waals surface area (Å²) in [7, 11) is 8.17. The zero-order valence-corrected chi connectivity index (χ0v) is 24.4. The molecule has 32 heavy (non-hydrogen) atoms. The van der Waals surface area contributed by atoms with Crippen molar-refractivity contribution >= 4 is 0 Å². The SMILES string of the molecule is CCCCOC(C)(C)C.CN(C)CCOC(C)(C)C.CN(C)CCOCCOC(C)(C)C. The van der Waals surface area contributed by atoms with Gasteiger partial charge in [-0.1, -0.05) is 13.3 Å². The Bertz CT molecular complexity index is 381. The Labute approximate surface area is 202 Å². The summed E-state index contributed by atoms with van der Waals surface area (Å²) in [5, 5.41) is 0. The normalized spacial score (nSPS) is 12.4. The molecule has 0 spiro atoms. The molecule has 0 fully saturated rings. The summed E-state index contributed by atoms with van der Waals surface area (Å²) in [6.07, 6.45) is 2.40. The van der Waals surface area contributed by atoms with E-state index in [1.165, 1.54) is 12.8 Å². The Kier molecular flexibility index (Phi) is 22.9. The lowest BCUT2D eigenvalue weighted by Crippen LogP contribution is -2.25. The number of hydrogen-bond acceptors (Lipinski definition) is 6. The Balaban J connectivity index is -0.000000403. The third-order valence-electron chi connectivity index (χ3n) is 3.55. The van der Waals surface area contributed by atoms with E-state index >= 15 is 0 Å². The van der Waals surface area contributed by atoms with Crippen molar-refractivity contribution in [1.82, 2.24) is 9.80 Å². The zero-order valence-electron chi connectivity index (χ0n) is 24.4. The van der Waals surface area contributed by atoms with Crippen LogP contribution in [-0.4, -0.2) is 101 Å². The van der Waals surface area contributed by atoms with E-state index in [0.717, 1.165) is 32.9 Å². The maximum absolute atomic E-state index is 5.50. The molecule has 0 saturated carbocycles. The first-order chi connectivity index (χ1) is 14.4. The highest BCUT2D eigenvalue weighted by molar-refractivity contribution is 4.59. The molecule has 0 radical (unpaired) electrons. The maximum atomic E-state index is 5.50. The van der Waals surface area contributed by atoms with Gasteiger partial charge in [-0.15, -0.1) is 0 Å². The van der Waals surface area contributed by atoms with Crippen molar-refractivity contribution in [3.8, 4) is 0 Å². The van der Waals surface area contributed by atoms with Crippen LogP contribution in [0.2, 0.25) is 0 Å². The summed E-state index contributed by atoms with van der Waals surface area (Å²) in [6, 6.07) is 0. The fourth-order valence-electron chi connectivity index (χ4n) is 1.81. The van der Waals surface area contributed by atoms with E-state index in [4.69, 9.17) is 18.9 Å². The second-order valence-corrected chi connectivity index (χ2v) is 11.5. The minimum Gasteiger partial charge on any atom is -0.378 e. The molecule has 6 heteroatoms. The van der Waals surface area contributed by atoms with Crippen LogP contribution in [0, 0.1) is 0 Å². The number of nitrogens with zero attached hydrogens (tertiary/aromatic N) is 2. The molecule has 0 unspecified atom stereocenters. The Morgan fingerprint density at radius 3 is 1.25 bits per heavy atom. The van der Waals surface area contributed by atoms with E-state index in [1.54, 1.807) is 0 Å². The molecule has 0 aliphatic heterocycles. The van der Waals surface area contributed by atoms with Crippen molar-refractivity contribution in [2.45, 2.75) is 98.9 Å². The molecule has 0 aromatic carbocycles. The van der Waals surface area contributed by atoms with Crippen LogP contribution in [0.5, 0.6) is 0 Å². The van der Waals surface area contributed by atoms with E-state index in [-0.39, 0.29) is 16.8 Å². The van der Waals surface area contributed by atoms with Crippen molar-refractivity contribution in [3.63, 3.8) is 0 Å². The van der Waals surface area contributed by atoms with Crippen LogP contribution in [-0.2, 0) is 18.9 Å². The highest BCUT2D eigenvalue weighted by atomic mass is 16.5. The summed E-state index contributed by atoms with van der Waals surface area (Å²) in [5.74, 6) is 0. The van der Waals surface area contributed by atoms with Crippen molar-refractivity contribution in [1.29, 1.82) is 0 Å². The van der Waals surface area contributed by atoms with E-state index in [0.29, 0.717) is 13.2 Å². The molecule has 6 nitrogen and oxygen atoms in total. The Hall–Kier alpha value is -0.240. The van der Waals surface area contributed by atoms with Gasteiger partial charge in [-0.2, -0.15) is 0 Å². The number of hydrogen-bond donors (Lipinski definition) is 0. The molecule has 0 aromatic rings. The molecule has 0 bridgehead atoms. The quantitative estimate of drug-likeness (QED) is 0.363. The fourth-order valence-corrected chi connectivity index (χ4v) is 1.81. The van der Waals surface area contributed by atoms with Gasteiger partial charge >= 0.3 is 0 Å². The van der Waals surface area contributed by atoms with Gasteiger partial charge < -0.3 is 28.7 Å². The van der Waals surface area contributed by atoms with Crippen molar-refractivity contribution in [2.75, 3.05) is 74.3 Å². The highest BCUT2D eigenvalue weighted by Crippen LogP contribution is 2.07. The molecule has 0 aliphatic rings. The molecular weight excluding hydrogens is 404 g/mol. The Morgan fingerprint density at radius 2 is 0.875 bits per heavy atom. The van der Waals surface area contributed by atoms with Gasteiger partial charge in [0.05, 0.1) is 43.2 Å². The van der Waals surface area contributed by atoms with Gasteiger partial charge in [0.2, 0.25) is 0 Å². The van der Waals surface area contributed by atoms with Gasteiger partial charge in [0.1, 0.15) is 0 Å². The summed E-state index contributed by atoms with van der Waals surface area (Å²) < 4.78 is 21.8. The van der Waals surface area contributed by atoms with Gasteiger partial charge in [0, 0.05) is 19.7 Å². The van der Waals surface area contributed by atoms with Gasteiger partial charge in [-0.3, -0.25) is 0 Å². The van der Waals surface area contributed by atoms with Crippen LogP contribution in [0.1, 0.15) is 82.1 Å². The van der Waals surface area contributed by atoms with Crippen LogP contribution in [0.4, 0.5) is 0 Å². The molecule has 0 rings (SSSR count). The van der Waals surface area contributed by atoms with Crippen LogP contribution in [0.15, 0.2) is 0 Å². The molecular formula is C26H60N2O4. The first-order valence-electron chi connectivity index (χ1n) is 12.2. The predicted molar refractivity (Wildman–Crippen MR) is 140 cm³/mol. The van der Waals surface area contributed by atoms with Gasteiger partial charge in [-0.25, -0.2) is 0 Å². The highest BCUT2D eigenvalue weighted by Gasteiger charge is 2.09. The summed E-state index contributed by atoms with van der Waals surface area (Å²) in [5.41, 5.74) is 0.0100. The van der Waals surface area contributed by atoms with Crippen LogP contribution >= 0.6 is 0 Å². The molecule has 0 N–H and O–H groups in total. The lowest BCUT2D eigenvalue weighted by atomic mass is 10.2. The van der Waals surface area contributed by atoms with E-state index < -0.39 is 0 Å². The second kappa shape index (κ2) is 20.2. The molecule has 0 amide bonds. The molecule has 0 aromatic heterocycles. The monoisotopic (exact) mass is 464 g/mol. The third kappa shape index (κ3) is 47.5. The molecule has 198 valence electrons. The summed E-state index contributed by atoms with van der Waals surface area (Å²) in [6.45, 7) is 26.6. The largest absolute Gasteiger partial charge is 0.378 e. The third-order valence-corrected chi connectivity index (χ3v) is 3.55. The summed E-state index contributed by atoms with van der Waals surface area (Å²) in [4.78, 5) is 4.22. The van der Waals surface area contributed by atoms with Gasteiger partial charge in [0.25, 0.3) is 0 Å². The topological polar surface area (TPSA) is 43.4 Å². The smallest absolute Gasteiger partial charge is 0.0707 e. The lowest BCUT2D eigenvalue weighted by Gasteiger charge is -2.20. The maximum Gasteiger partial charge on any atom is 0.0707 e. The molecule has 0 saturated heterocycles. The van der Waals surface area contributed by atoms with E-state index in [1.807, 2.05) is 49.0 Å². The van der Waals surface area contributed by atoms with Crippen molar-refractivity contribution in [2.24, 2.45) is 0 Å². The van der Waals surface area contributed by atoms with Crippen molar-refractivity contribution < 1.29 is 18.9 Å². The number of ether oxygens (including phenoxy) is 4. The second-order valence-electron chi connectivity index (χ2n) is 11.5. The van der Waals surface area contributed by atoms with Gasteiger partial charge in [0.15, 0.2) is 0 Å². The first kappa shape index (κ1) is 36.3. The Morgan fingerprint density at radius 1 is 0.500 bits per heavy atom. The average Bonchev–Trinajstić information content (AvgIpc) is 2.55. The summed E-state index contributed by atoms with van der Waals surface area (Å²) >= 11 is 0. The molecule has 0 heterocycles. The molecule has 0 aliphatic carbocycles. The first-order valence-corrected chi connectivity index (χ1v) is 12.2. The number of unbranched alkanes of at least 4 members (excludes halogenated alkanes) is 1. The van der Waals surface area contributed by atoms with Gasteiger partial charge in [-0.05, 0) is 96.9 Å². The molecule has 0 atom stereocenters. The zero-order chi connectivity index (χ0) is 25.8. The predicted octanol–water partition coefficient (Wildman–Crippen LogP) is 5.34. The minimum atomic E-state index is -0.0507. The number of rotatable bonds is 12. The van der Waals surface area contributed by atoms with Crippen molar-refractivity contribution in [3.05, 3.63) is 0 Å².